The summed E-state index contributed by atoms with van der Waals surface area (Å²) in [5.41, 5.74) is 1.18. The van der Waals surface area contributed by atoms with E-state index in [0.717, 1.165) is 19.4 Å². The summed E-state index contributed by atoms with van der Waals surface area (Å²) in [7, 11) is 0. The maximum atomic E-state index is 12.2. The van der Waals surface area contributed by atoms with Crippen molar-refractivity contribution in [3.63, 3.8) is 0 Å². The van der Waals surface area contributed by atoms with Crippen molar-refractivity contribution in [2.75, 3.05) is 32.9 Å². The molecule has 5 nitrogen and oxygen atoms in total. The Balaban J connectivity index is 1.62. The molecule has 1 aliphatic rings. The first kappa shape index (κ1) is 17.8. The Hall–Kier alpha value is -1.59. The van der Waals surface area contributed by atoms with Gasteiger partial charge in [-0.05, 0) is 32.3 Å². The molecule has 2 rings (SSSR count). The highest BCUT2D eigenvalue weighted by atomic mass is 16.5. The van der Waals surface area contributed by atoms with E-state index < -0.39 is 0 Å². The van der Waals surface area contributed by atoms with Crippen molar-refractivity contribution in [3.05, 3.63) is 35.9 Å². The smallest absolute Gasteiger partial charge is 0.317 e. The molecule has 1 fully saturated rings. The summed E-state index contributed by atoms with van der Waals surface area (Å²) in [4.78, 5) is 14.1. The van der Waals surface area contributed by atoms with E-state index in [1.165, 1.54) is 5.56 Å². The molecule has 2 atom stereocenters. The maximum Gasteiger partial charge on any atom is 0.317 e. The third-order valence-corrected chi connectivity index (χ3v) is 4.18. The molecule has 128 valence electrons. The van der Waals surface area contributed by atoms with Crippen LogP contribution in [0.15, 0.2) is 30.3 Å². The van der Waals surface area contributed by atoms with Crippen molar-refractivity contribution in [2.45, 2.75) is 38.8 Å². The second-order valence-electron chi connectivity index (χ2n) is 5.95. The van der Waals surface area contributed by atoms with Crippen LogP contribution in [0.4, 0.5) is 4.79 Å². The number of carbonyl (C=O) groups excluding carboxylic acids is 1. The highest BCUT2D eigenvalue weighted by molar-refractivity contribution is 5.74. The molecule has 0 aromatic heterocycles. The largest absolute Gasteiger partial charge is 0.380 e. The minimum Gasteiger partial charge on any atom is -0.380 e. The Labute approximate surface area is 139 Å². The molecule has 2 amide bonds. The summed E-state index contributed by atoms with van der Waals surface area (Å²) in [5, 5.41) is 2.98. The molecule has 0 aliphatic carbocycles. The second-order valence-corrected chi connectivity index (χ2v) is 5.95. The average molecular weight is 320 g/mol. The zero-order valence-corrected chi connectivity index (χ0v) is 14.2. The second kappa shape index (κ2) is 9.53. The third kappa shape index (κ3) is 5.84. The van der Waals surface area contributed by atoms with Crippen LogP contribution in [0.25, 0.3) is 0 Å². The van der Waals surface area contributed by atoms with E-state index in [2.05, 4.69) is 24.4 Å². The van der Waals surface area contributed by atoms with Crippen LogP contribution in [0.2, 0.25) is 0 Å². The zero-order chi connectivity index (χ0) is 16.5. The number of nitrogens with one attached hydrogen (secondary N) is 1. The van der Waals surface area contributed by atoms with E-state index in [4.69, 9.17) is 9.47 Å². The number of amides is 2. The van der Waals surface area contributed by atoms with E-state index >= 15 is 0 Å². The molecular formula is C18H28N2O3. The van der Waals surface area contributed by atoms with Gasteiger partial charge in [-0.3, -0.25) is 0 Å². The van der Waals surface area contributed by atoms with Gasteiger partial charge in [-0.15, -0.1) is 0 Å². The fraction of sp³-hybridized carbons (Fsp3) is 0.611. The lowest BCUT2D eigenvalue weighted by Crippen LogP contribution is -2.45. The van der Waals surface area contributed by atoms with Crippen LogP contribution in [0, 0.1) is 0 Å². The van der Waals surface area contributed by atoms with Gasteiger partial charge in [-0.25, -0.2) is 4.79 Å². The van der Waals surface area contributed by atoms with E-state index in [-0.39, 0.29) is 18.2 Å². The van der Waals surface area contributed by atoms with Crippen molar-refractivity contribution in [1.29, 1.82) is 0 Å². The van der Waals surface area contributed by atoms with E-state index in [1.807, 2.05) is 30.0 Å². The fourth-order valence-electron chi connectivity index (χ4n) is 2.65. The summed E-state index contributed by atoms with van der Waals surface area (Å²) in [5.74, 6) is 0. The van der Waals surface area contributed by atoms with Gasteiger partial charge in [0.15, 0.2) is 0 Å². The number of rotatable bonds is 6. The molecule has 0 bridgehead atoms. The Morgan fingerprint density at radius 3 is 2.96 bits per heavy atom. The van der Waals surface area contributed by atoms with Gasteiger partial charge in [-0.1, -0.05) is 30.3 Å². The van der Waals surface area contributed by atoms with E-state index in [0.29, 0.717) is 26.3 Å². The molecule has 0 radical (unpaired) electrons. The van der Waals surface area contributed by atoms with E-state index in [9.17, 15) is 4.79 Å². The highest BCUT2D eigenvalue weighted by Gasteiger charge is 2.21. The van der Waals surface area contributed by atoms with Crippen LogP contribution in [0.1, 0.15) is 38.4 Å². The summed E-state index contributed by atoms with van der Waals surface area (Å²) in [6.07, 6.45) is 1.78. The first-order valence-corrected chi connectivity index (χ1v) is 8.47. The van der Waals surface area contributed by atoms with Gasteiger partial charge in [0.25, 0.3) is 0 Å². The molecule has 5 heteroatoms. The zero-order valence-electron chi connectivity index (χ0n) is 14.2. The first-order chi connectivity index (χ1) is 11.2. The van der Waals surface area contributed by atoms with Gasteiger partial charge >= 0.3 is 6.03 Å². The molecule has 1 aromatic carbocycles. The SMILES string of the molecule is C[C@@H](OCCCNC(=O)N1CCOCC[C@@H]1C)c1ccccc1. The van der Waals surface area contributed by atoms with E-state index in [1.54, 1.807) is 0 Å². The summed E-state index contributed by atoms with van der Waals surface area (Å²) in [6, 6.07) is 10.4. The minimum atomic E-state index is -0.000826. The van der Waals surface area contributed by atoms with Crippen LogP contribution in [0.5, 0.6) is 0 Å². The highest BCUT2D eigenvalue weighted by Crippen LogP contribution is 2.15. The van der Waals surface area contributed by atoms with Gasteiger partial charge in [-0.2, -0.15) is 0 Å². The topological polar surface area (TPSA) is 50.8 Å². The van der Waals surface area contributed by atoms with Crippen LogP contribution >= 0.6 is 0 Å². The van der Waals surface area contributed by atoms with Gasteiger partial charge in [0.1, 0.15) is 0 Å². The fourth-order valence-corrected chi connectivity index (χ4v) is 2.65. The van der Waals surface area contributed by atoms with Gasteiger partial charge < -0.3 is 19.7 Å². The van der Waals surface area contributed by atoms with Crippen molar-refractivity contribution in [2.24, 2.45) is 0 Å². The summed E-state index contributed by atoms with van der Waals surface area (Å²) < 4.78 is 11.2. The number of carbonyl (C=O) groups is 1. The normalized spacial score (nSPS) is 19.9. The number of hydrogen-bond acceptors (Lipinski definition) is 3. The lowest BCUT2D eigenvalue weighted by molar-refractivity contribution is 0.0641. The van der Waals surface area contributed by atoms with Gasteiger partial charge in [0, 0.05) is 32.3 Å². The predicted molar refractivity (Wildman–Crippen MR) is 90.4 cm³/mol. The molecule has 0 saturated carbocycles. The first-order valence-electron chi connectivity index (χ1n) is 8.47. The number of benzene rings is 1. The van der Waals surface area contributed by atoms with Gasteiger partial charge in [0.05, 0.1) is 12.7 Å². The van der Waals surface area contributed by atoms with Gasteiger partial charge in [0.2, 0.25) is 0 Å². The number of ether oxygens (including phenoxy) is 2. The molecule has 1 aromatic rings. The molecule has 1 N–H and O–H groups in total. The summed E-state index contributed by atoms with van der Waals surface area (Å²) >= 11 is 0. The quantitative estimate of drug-likeness (QED) is 0.820. The van der Waals surface area contributed by atoms with Crippen LogP contribution < -0.4 is 5.32 Å². The predicted octanol–water partition coefficient (Wildman–Crippen LogP) is 2.97. The lowest BCUT2D eigenvalue weighted by atomic mass is 10.1. The lowest BCUT2D eigenvalue weighted by Gasteiger charge is -2.26. The van der Waals surface area contributed by atoms with Crippen molar-refractivity contribution in [1.82, 2.24) is 10.2 Å². The average Bonchev–Trinajstić information content (AvgIpc) is 2.79. The number of urea groups is 1. The Bertz CT molecular complexity index is 467. The Morgan fingerprint density at radius 1 is 1.39 bits per heavy atom. The van der Waals surface area contributed by atoms with Crippen LogP contribution in [-0.2, 0) is 9.47 Å². The third-order valence-electron chi connectivity index (χ3n) is 4.18. The van der Waals surface area contributed by atoms with Crippen molar-refractivity contribution in [3.8, 4) is 0 Å². The van der Waals surface area contributed by atoms with Crippen molar-refractivity contribution < 1.29 is 14.3 Å². The number of nitrogens with zero attached hydrogens (tertiary/aromatic N) is 1. The monoisotopic (exact) mass is 320 g/mol. The number of hydrogen-bond donors (Lipinski definition) is 1. The van der Waals surface area contributed by atoms with Crippen LogP contribution in [-0.4, -0.2) is 49.9 Å². The molecule has 0 spiro atoms. The molecule has 1 saturated heterocycles. The Kier molecular flexibility index (Phi) is 7.36. The summed E-state index contributed by atoms with van der Waals surface area (Å²) in [6.45, 7) is 7.39. The molecular weight excluding hydrogens is 292 g/mol. The minimum absolute atomic E-state index is 0.000826. The molecule has 1 heterocycles. The molecule has 1 aliphatic heterocycles. The van der Waals surface area contributed by atoms with Crippen LogP contribution in [0.3, 0.4) is 0 Å². The molecule has 0 unspecified atom stereocenters. The Morgan fingerprint density at radius 2 is 2.17 bits per heavy atom. The van der Waals surface area contributed by atoms with Crippen molar-refractivity contribution >= 4 is 6.03 Å². The maximum absolute atomic E-state index is 12.2. The molecule has 23 heavy (non-hydrogen) atoms. The standard InChI is InChI=1S/C18H28N2O3/c1-15-9-13-22-14-11-20(15)18(21)19-10-6-12-23-16(2)17-7-4-3-5-8-17/h3-5,7-8,15-16H,6,9-14H2,1-2H3,(H,19,21)/t15-,16+/m0/s1.